The number of ether oxygens (including phenoxy) is 1. The lowest BCUT2D eigenvalue weighted by atomic mass is 9.99. The lowest BCUT2D eigenvalue weighted by molar-refractivity contribution is 0.414. The summed E-state index contributed by atoms with van der Waals surface area (Å²) < 4.78 is 18.6. The summed E-state index contributed by atoms with van der Waals surface area (Å²) in [6.45, 7) is 4.89. The van der Waals surface area contributed by atoms with Gasteiger partial charge in [0.15, 0.2) is 0 Å². The van der Waals surface area contributed by atoms with Crippen LogP contribution in [0.15, 0.2) is 36.4 Å². The topological polar surface area (TPSA) is 21.3 Å². The summed E-state index contributed by atoms with van der Waals surface area (Å²) in [7, 11) is 1.64. The lowest BCUT2D eigenvalue weighted by Gasteiger charge is -2.14. The Bertz CT molecular complexity index is 628. The van der Waals surface area contributed by atoms with Crippen molar-refractivity contribution in [1.82, 2.24) is 5.32 Å². The van der Waals surface area contributed by atoms with E-state index in [1.807, 2.05) is 18.2 Å². The molecule has 0 aliphatic rings. The summed E-state index contributed by atoms with van der Waals surface area (Å²) in [5.41, 5.74) is 3.00. The zero-order valence-electron chi connectivity index (χ0n) is 12.4. The first-order valence-corrected chi connectivity index (χ1v) is 7.24. The SMILES string of the molecule is COc1ccc(-c2ccc(F)c(Cl)c2)c(CNC(C)C)c1. The first-order valence-electron chi connectivity index (χ1n) is 6.87. The molecule has 21 heavy (non-hydrogen) atoms. The third-order valence-corrected chi connectivity index (χ3v) is 3.53. The minimum atomic E-state index is -0.407. The largest absolute Gasteiger partial charge is 0.497 e. The lowest BCUT2D eigenvalue weighted by Crippen LogP contribution is -2.22. The molecule has 2 aromatic carbocycles. The van der Waals surface area contributed by atoms with Gasteiger partial charge in [-0.3, -0.25) is 0 Å². The van der Waals surface area contributed by atoms with Crippen LogP contribution in [0.2, 0.25) is 5.02 Å². The first-order chi connectivity index (χ1) is 10.0. The number of hydrogen-bond donors (Lipinski definition) is 1. The van der Waals surface area contributed by atoms with Gasteiger partial charge < -0.3 is 10.1 Å². The van der Waals surface area contributed by atoms with Crippen LogP contribution in [-0.2, 0) is 6.54 Å². The Morgan fingerprint density at radius 2 is 1.95 bits per heavy atom. The maximum atomic E-state index is 13.3. The van der Waals surface area contributed by atoms with Gasteiger partial charge in [-0.25, -0.2) is 4.39 Å². The summed E-state index contributed by atoms with van der Waals surface area (Å²) >= 11 is 5.89. The highest BCUT2D eigenvalue weighted by Gasteiger charge is 2.09. The van der Waals surface area contributed by atoms with E-state index in [2.05, 4.69) is 19.2 Å². The van der Waals surface area contributed by atoms with Gasteiger partial charge >= 0.3 is 0 Å². The minimum absolute atomic E-state index is 0.131. The molecule has 0 unspecified atom stereocenters. The van der Waals surface area contributed by atoms with Crippen LogP contribution in [-0.4, -0.2) is 13.2 Å². The number of rotatable bonds is 5. The standard InChI is InChI=1S/C17H19ClFNO/c1-11(2)20-10-13-8-14(21-3)5-6-15(13)12-4-7-17(19)16(18)9-12/h4-9,11,20H,10H2,1-3H3. The van der Waals surface area contributed by atoms with E-state index in [4.69, 9.17) is 16.3 Å². The molecule has 0 amide bonds. The summed E-state index contributed by atoms with van der Waals surface area (Å²) in [6, 6.07) is 11.0. The van der Waals surface area contributed by atoms with Gasteiger partial charge in [0, 0.05) is 12.6 Å². The van der Waals surface area contributed by atoms with Crippen molar-refractivity contribution in [3.63, 3.8) is 0 Å². The second-order valence-electron chi connectivity index (χ2n) is 5.19. The highest BCUT2D eigenvalue weighted by atomic mass is 35.5. The molecule has 2 nitrogen and oxygen atoms in total. The van der Waals surface area contributed by atoms with Gasteiger partial charge in [-0.05, 0) is 41.0 Å². The van der Waals surface area contributed by atoms with E-state index < -0.39 is 5.82 Å². The van der Waals surface area contributed by atoms with Gasteiger partial charge in [0.1, 0.15) is 11.6 Å². The quantitative estimate of drug-likeness (QED) is 0.868. The van der Waals surface area contributed by atoms with Gasteiger partial charge in [-0.15, -0.1) is 0 Å². The van der Waals surface area contributed by atoms with Crippen molar-refractivity contribution < 1.29 is 9.13 Å². The van der Waals surface area contributed by atoms with E-state index in [9.17, 15) is 4.39 Å². The molecule has 2 aromatic rings. The Labute approximate surface area is 129 Å². The molecule has 0 aromatic heterocycles. The number of benzene rings is 2. The molecule has 0 saturated heterocycles. The molecule has 4 heteroatoms. The predicted octanol–water partition coefficient (Wildman–Crippen LogP) is 4.65. The Balaban J connectivity index is 2.42. The van der Waals surface area contributed by atoms with Gasteiger partial charge in [0.25, 0.3) is 0 Å². The van der Waals surface area contributed by atoms with Crippen LogP contribution in [0.3, 0.4) is 0 Å². The smallest absolute Gasteiger partial charge is 0.141 e. The van der Waals surface area contributed by atoms with Crippen LogP contribution in [0.4, 0.5) is 4.39 Å². The minimum Gasteiger partial charge on any atom is -0.497 e. The van der Waals surface area contributed by atoms with Crippen molar-refractivity contribution in [1.29, 1.82) is 0 Å². The van der Waals surface area contributed by atoms with Crippen molar-refractivity contribution >= 4 is 11.6 Å². The highest BCUT2D eigenvalue weighted by molar-refractivity contribution is 6.31. The van der Waals surface area contributed by atoms with E-state index in [1.54, 1.807) is 19.2 Å². The summed E-state index contributed by atoms with van der Waals surface area (Å²) in [5, 5.41) is 3.52. The summed E-state index contributed by atoms with van der Waals surface area (Å²) in [5.74, 6) is 0.392. The molecule has 1 N–H and O–H groups in total. The molecular formula is C17H19ClFNO. The van der Waals surface area contributed by atoms with Crippen LogP contribution in [0.1, 0.15) is 19.4 Å². The zero-order valence-corrected chi connectivity index (χ0v) is 13.2. The summed E-state index contributed by atoms with van der Waals surface area (Å²) in [4.78, 5) is 0. The molecule has 0 spiro atoms. The highest BCUT2D eigenvalue weighted by Crippen LogP contribution is 2.30. The fourth-order valence-corrected chi connectivity index (χ4v) is 2.28. The number of methoxy groups -OCH3 is 1. The fourth-order valence-electron chi connectivity index (χ4n) is 2.10. The Hall–Kier alpha value is -1.58. The molecule has 112 valence electrons. The molecule has 2 rings (SSSR count). The average Bonchev–Trinajstić information content (AvgIpc) is 2.47. The van der Waals surface area contributed by atoms with Crippen molar-refractivity contribution in [2.75, 3.05) is 7.11 Å². The molecule has 0 saturated carbocycles. The Morgan fingerprint density at radius 1 is 1.19 bits per heavy atom. The number of nitrogens with one attached hydrogen (secondary N) is 1. The first kappa shape index (κ1) is 15.8. The normalized spacial score (nSPS) is 11.0. The van der Waals surface area contributed by atoms with E-state index >= 15 is 0 Å². The molecule has 0 aliphatic heterocycles. The van der Waals surface area contributed by atoms with Crippen molar-refractivity contribution in [2.24, 2.45) is 0 Å². The molecule has 0 aliphatic carbocycles. The van der Waals surface area contributed by atoms with Crippen LogP contribution >= 0.6 is 11.6 Å². The van der Waals surface area contributed by atoms with Gasteiger partial charge in [-0.1, -0.05) is 37.6 Å². The maximum Gasteiger partial charge on any atom is 0.141 e. The maximum absolute atomic E-state index is 13.3. The van der Waals surface area contributed by atoms with Crippen LogP contribution in [0.5, 0.6) is 5.75 Å². The third-order valence-electron chi connectivity index (χ3n) is 3.24. The van der Waals surface area contributed by atoms with Crippen LogP contribution < -0.4 is 10.1 Å². The fraction of sp³-hybridized carbons (Fsp3) is 0.294. The van der Waals surface area contributed by atoms with Crippen LogP contribution in [0, 0.1) is 5.82 Å². The van der Waals surface area contributed by atoms with Crippen molar-refractivity contribution in [3.05, 3.63) is 52.8 Å². The predicted molar refractivity (Wildman–Crippen MR) is 85.4 cm³/mol. The van der Waals surface area contributed by atoms with E-state index in [1.165, 1.54) is 6.07 Å². The molecule has 0 heterocycles. The molecule has 0 atom stereocenters. The second-order valence-corrected chi connectivity index (χ2v) is 5.59. The van der Waals surface area contributed by atoms with Crippen LogP contribution in [0.25, 0.3) is 11.1 Å². The molecular weight excluding hydrogens is 289 g/mol. The van der Waals surface area contributed by atoms with E-state index in [0.717, 1.165) is 22.4 Å². The van der Waals surface area contributed by atoms with Crippen molar-refractivity contribution in [2.45, 2.75) is 26.4 Å². The van der Waals surface area contributed by atoms with Gasteiger partial charge in [0.2, 0.25) is 0 Å². The average molecular weight is 308 g/mol. The monoisotopic (exact) mass is 307 g/mol. The number of hydrogen-bond acceptors (Lipinski definition) is 2. The van der Waals surface area contributed by atoms with Gasteiger partial charge in [-0.2, -0.15) is 0 Å². The Morgan fingerprint density at radius 3 is 2.57 bits per heavy atom. The Kier molecular flexibility index (Phi) is 5.21. The van der Waals surface area contributed by atoms with E-state index in [0.29, 0.717) is 12.6 Å². The molecule has 0 fully saturated rings. The number of halogens is 2. The van der Waals surface area contributed by atoms with Gasteiger partial charge in [0.05, 0.1) is 12.1 Å². The summed E-state index contributed by atoms with van der Waals surface area (Å²) in [6.07, 6.45) is 0. The third kappa shape index (κ3) is 3.96. The zero-order chi connectivity index (χ0) is 15.4. The van der Waals surface area contributed by atoms with Crippen molar-refractivity contribution in [3.8, 4) is 16.9 Å². The molecule has 0 bridgehead atoms. The molecule has 0 radical (unpaired) electrons. The van der Waals surface area contributed by atoms with E-state index in [-0.39, 0.29) is 5.02 Å². The second kappa shape index (κ2) is 6.92.